The standard InChI is InChI=1S/C16H21BrN2O3/c1-21-14(20)9-22-16(12-4-7-18-8-13(12)17)10-15(19-11-16)5-2-3-6-15/h4,7-8,19H,2-3,5-6,9-11H2,1H3. The van der Waals surface area contributed by atoms with Crippen LogP contribution in [0.5, 0.6) is 0 Å². The summed E-state index contributed by atoms with van der Waals surface area (Å²) in [4.78, 5) is 15.7. The second-order valence-corrected chi connectivity index (χ2v) is 7.09. The number of nitrogens with zero attached hydrogens (tertiary/aromatic N) is 1. The fraction of sp³-hybridized carbons (Fsp3) is 0.625. The molecule has 0 aromatic carbocycles. The number of hydrogen-bond acceptors (Lipinski definition) is 5. The molecule has 1 aromatic heterocycles. The minimum Gasteiger partial charge on any atom is -0.467 e. The van der Waals surface area contributed by atoms with Crippen molar-refractivity contribution in [3.05, 3.63) is 28.5 Å². The number of nitrogens with one attached hydrogen (secondary N) is 1. The molecule has 0 radical (unpaired) electrons. The topological polar surface area (TPSA) is 60.5 Å². The lowest BCUT2D eigenvalue weighted by molar-refractivity contribution is -0.153. The molecular formula is C16H21BrN2O3. The van der Waals surface area contributed by atoms with Crippen LogP contribution in [-0.2, 0) is 19.9 Å². The maximum atomic E-state index is 11.5. The van der Waals surface area contributed by atoms with Crippen LogP contribution in [0.4, 0.5) is 0 Å². The Bertz CT molecular complexity index is 560. The van der Waals surface area contributed by atoms with E-state index in [1.807, 2.05) is 6.07 Å². The van der Waals surface area contributed by atoms with Crippen LogP contribution in [0.3, 0.4) is 0 Å². The molecule has 2 aliphatic rings. The minimum atomic E-state index is -0.514. The molecule has 1 atom stereocenters. The van der Waals surface area contributed by atoms with Crippen molar-refractivity contribution in [1.82, 2.24) is 10.3 Å². The highest BCUT2D eigenvalue weighted by Gasteiger charge is 2.51. The Kier molecular flexibility index (Phi) is 4.52. The summed E-state index contributed by atoms with van der Waals surface area (Å²) >= 11 is 3.58. The number of carbonyl (C=O) groups excluding carboxylic acids is 1. The highest BCUT2D eigenvalue weighted by Crippen LogP contribution is 2.47. The maximum absolute atomic E-state index is 11.5. The number of pyridine rings is 1. The van der Waals surface area contributed by atoms with Crippen molar-refractivity contribution in [3.8, 4) is 0 Å². The van der Waals surface area contributed by atoms with Crippen molar-refractivity contribution in [3.63, 3.8) is 0 Å². The fourth-order valence-electron chi connectivity index (χ4n) is 3.78. The first-order valence-corrected chi connectivity index (χ1v) is 8.44. The number of ether oxygens (including phenoxy) is 2. The van der Waals surface area contributed by atoms with E-state index >= 15 is 0 Å². The van der Waals surface area contributed by atoms with Crippen molar-refractivity contribution >= 4 is 21.9 Å². The van der Waals surface area contributed by atoms with Gasteiger partial charge in [0, 0.05) is 40.9 Å². The molecule has 1 unspecified atom stereocenters. The number of aromatic nitrogens is 1. The largest absolute Gasteiger partial charge is 0.467 e. The third kappa shape index (κ3) is 2.92. The van der Waals surface area contributed by atoms with Gasteiger partial charge in [0.1, 0.15) is 12.2 Å². The molecule has 3 rings (SSSR count). The van der Waals surface area contributed by atoms with E-state index < -0.39 is 5.60 Å². The van der Waals surface area contributed by atoms with Gasteiger partial charge in [-0.15, -0.1) is 0 Å². The average Bonchev–Trinajstić information content (AvgIpc) is 3.14. The number of methoxy groups -OCH3 is 1. The van der Waals surface area contributed by atoms with Gasteiger partial charge in [-0.3, -0.25) is 4.98 Å². The van der Waals surface area contributed by atoms with E-state index in [9.17, 15) is 4.79 Å². The Morgan fingerprint density at radius 3 is 2.91 bits per heavy atom. The van der Waals surface area contributed by atoms with Crippen molar-refractivity contribution in [2.24, 2.45) is 0 Å². The lowest BCUT2D eigenvalue weighted by Crippen LogP contribution is -2.35. The number of halogens is 1. The highest BCUT2D eigenvalue weighted by atomic mass is 79.9. The van der Waals surface area contributed by atoms with E-state index in [1.165, 1.54) is 32.8 Å². The van der Waals surface area contributed by atoms with Gasteiger partial charge in [0.25, 0.3) is 0 Å². The zero-order valence-electron chi connectivity index (χ0n) is 12.7. The van der Waals surface area contributed by atoms with Gasteiger partial charge >= 0.3 is 5.97 Å². The van der Waals surface area contributed by atoms with Gasteiger partial charge in [-0.2, -0.15) is 0 Å². The maximum Gasteiger partial charge on any atom is 0.331 e. The quantitative estimate of drug-likeness (QED) is 0.827. The van der Waals surface area contributed by atoms with E-state index in [1.54, 1.807) is 12.4 Å². The van der Waals surface area contributed by atoms with E-state index in [0.29, 0.717) is 6.54 Å². The molecule has 6 heteroatoms. The molecule has 2 heterocycles. The average molecular weight is 369 g/mol. The monoisotopic (exact) mass is 368 g/mol. The summed E-state index contributed by atoms with van der Waals surface area (Å²) in [5.74, 6) is -0.350. The molecular weight excluding hydrogens is 348 g/mol. The highest BCUT2D eigenvalue weighted by molar-refractivity contribution is 9.10. The molecule has 2 fully saturated rings. The first-order valence-electron chi connectivity index (χ1n) is 7.65. The lowest BCUT2D eigenvalue weighted by Gasteiger charge is -2.32. The van der Waals surface area contributed by atoms with Crippen molar-refractivity contribution in [2.45, 2.75) is 43.2 Å². The summed E-state index contributed by atoms with van der Waals surface area (Å²) < 4.78 is 11.7. The van der Waals surface area contributed by atoms with E-state index in [4.69, 9.17) is 9.47 Å². The molecule has 0 amide bonds. The first kappa shape index (κ1) is 15.9. The number of carbonyl (C=O) groups is 1. The van der Waals surface area contributed by atoms with Crippen molar-refractivity contribution in [2.75, 3.05) is 20.3 Å². The van der Waals surface area contributed by atoms with Crippen LogP contribution in [0.2, 0.25) is 0 Å². The van der Waals surface area contributed by atoms with E-state index in [2.05, 4.69) is 26.2 Å². The van der Waals surface area contributed by atoms with Gasteiger partial charge < -0.3 is 14.8 Å². The van der Waals surface area contributed by atoms with Gasteiger partial charge in [0.2, 0.25) is 0 Å². The fourth-order valence-corrected chi connectivity index (χ4v) is 4.39. The van der Waals surface area contributed by atoms with Crippen LogP contribution in [0.1, 0.15) is 37.7 Å². The Morgan fingerprint density at radius 2 is 2.23 bits per heavy atom. The summed E-state index contributed by atoms with van der Waals surface area (Å²) in [5, 5.41) is 3.67. The smallest absolute Gasteiger partial charge is 0.331 e. The molecule has 22 heavy (non-hydrogen) atoms. The zero-order valence-corrected chi connectivity index (χ0v) is 14.3. The van der Waals surface area contributed by atoms with Crippen LogP contribution >= 0.6 is 15.9 Å². The third-order valence-corrected chi connectivity index (χ3v) is 5.52. The van der Waals surface area contributed by atoms with E-state index in [0.717, 1.165) is 16.5 Å². The predicted octanol–water partition coefficient (Wildman–Crippen LogP) is 2.54. The Morgan fingerprint density at radius 1 is 1.45 bits per heavy atom. The van der Waals surface area contributed by atoms with Crippen LogP contribution < -0.4 is 5.32 Å². The number of hydrogen-bond donors (Lipinski definition) is 1. The Balaban J connectivity index is 1.89. The van der Waals surface area contributed by atoms with Crippen LogP contribution in [0, 0.1) is 0 Å². The molecule has 1 saturated carbocycles. The minimum absolute atomic E-state index is 0.0387. The lowest BCUT2D eigenvalue weighted by atomic mass is 9.84. The predicted molar refractivity (Wildman–Crippen MR) is 85.4 cm³/mol. The van der Waals surface area contributed by atoms with Gasteiger partial charge in [-0.05, 0) is 34.8 Å². The normalized spacial score (nSPS) is 26.5. The third-order valence-electron chi connectivity index (χ3n) is 4.89. The zero-order chi connectivity index (χ0) is 15.6. The van der Waals surface area contributed by atoms with Crippen molar-refractivity contribution < 1.29 is 14.3 Å². The van der Waals surface area contributed by atoms with Gasteiger partial charge in [-0.1, -0.05) is 12.8 Å². The summed E-state index contributed by atoms with van der Waals surface area (Å²) in [7, 11) is 1.38. The second kappa shape index (κ2) is 6.26. The SMILES string of the molecule is COC(=O)COC1(c2ccncc2Br)CNC2(CCCC2)C1. The van der Waals surface area contributed by atoms with Crippen LogP contribution in [0.15, 0.2) is 22.9 Å². The molecule has 1 saturated heterocycles. The number of rotatable bonds is 4. The molecule has 1 aromatic rings. The molecule has 5 nitrogen and oxygen atoms in total. The van der Waals surface area contributed by atoms with Crippen LogP contribution in [-0.4, -0.2) is 36.8 Å². The molecule has 120 valence electrons. The van der Waals surface area contributed by atoms with Gasteiger partial charge in [-0.25, -0.2) is 4.79 Å². The molecule has 1 spiro atoms. The van der Waals surface area contributed by atoms with Crippen LogP contribution in [0.25, 0.3) is 0 Å². The number of esters is 1. The molecule has 0 bridgehead atoms. The Labute approximate surface area is 138 Å². The molecule has 1 N–H and O–H groups in total. The molecule has 1 aliphatic heterocycles. The molecule has 1 aliphatic carbocycles. The second-order valence-electron chi connectivity index (χ2n) is 6.23. The first-order chi connectivity index (χ1) is 10.6. The summed E-state index contributed by atoms with van der Waals surface area (Å²) in [5.41, 5.74) is 0.668. The van der Waals surface area contributed by atoms with Crippen molar-refractivity contribution in [1.29, 1.82) is 0 Å². The van der Waals surface area contributed by atoms with Gasteiger partial charge in [0.15, 0.2) is 0 Å². The Hall–Kier alpha value is -0.980. The summed E-state index contributed by atoms with van der Waals surface area (Å²) in [6.45, 7) is 0.662. The van der Waals surface area contributed by atoms with Gasteiger partial charge in [0.05, 0.1) is 7.11 Å². The summed E-state index contributed by atoms with van der Waals surface area (Å²) in [6.07, 6.45) is 9.24. The van der Waals surface area contributed by atoms with E-state index in [-0.39, 0.29) is 18.1 Å². The summed E-state index contributed by atoms with van der Waals surface area (Å²) in [6, 6.07) is 1.97.